The SMILES string of the molecule is Cn1cnn(Cc2sccc2C#CCO)c1=O. The van der Waals surface area contributed by atoms with Crippen molar-refractivity contribution < 1.29 is 5.11 Å². The minimum Gasteiger partial charge on any atom is -0.384 e. The van der Waals surface area contributed by atoms with E-state index in [1.54, 1.807) is 7.05 Å². The second kappa shape index (κ2) is 4.99. The van der Waals surface area contributed by atoms with Crippen LogP contribution in [-0.2, 0) is 13.6 Å². The lowest BCUT2D eigenvalue weighted by atomic mass is 10.2. The van der Waals surface area contributed by atoms with E-state index in [4.69, 9.17) is 5.11 Å². The molecule has 0 fully saturated rings. The summed E-state index contributed by atoms with van der Waals surface area (Å²) in [5, 5.41) is 14.5. The molecule has 0 aliphatic heterocycles. The van der Waals surface area contributed by atoms with Crippen LogP contribution in [0.3, 0.4) is 0 Å². The standard InChI is InChI=1S/C11H11N3O2S/c1-13-8-12-14(11(13)16)7-10-9(3-2-5-15)4-6-17-10/h4,6,8,15H,5,7H2,1H3. The second-order valence-corrected chi connectivity index (χ2v) is 4.40. The third-order valence-electron chi connectivity index (χ3n) is 2.23. The van der Waals surface area contributed by atoms with E-state index in [0.29, 0.717) is 6.54 Å². The third-order valence-corrected chi connectivity index (χ3v) is 3.13. The first-order valence-corrected chi connectivity index (χ1v) is 5.85. The Morgan fingerprint density at radius 3 is 3.06 bits per heavy atom. The number of aryl methyl sites for hydroxylation is 1. The first-order valence-electron chi connectivity index (χ1n) is 4.97. The molecule has 5 nitrogen and oxygen atoms in total. The summed E-state index contributed by atoms with van der Waals surface area (Å²) in [4.78, 5) is 12.6. The molecule has 2 aromatic rings. The summed E-state index contributed by atoms with van der Waals surface area (Å²) in [6, 6.07) is 1.87. The summed E-state index contributed by atoms with van der Waals surface area (Å²) < 4.78 is 2.81. The predicted molar refractivity (Wildman–Crippen MR) is 64.9 cm³/mol. The van der Waals surface area contributed by atoms with Gasteiger partial charge in [-0.3, -0.25) is 4.57 Å². The van der Waals surface area contributed by atoms with Crippen LogP contribution in [-0.4, -0.2) is 26.1 Å². The quantitative estimate of drug-likeness (QED) is 0.764. The van der Waals surface area contributed by atoms with Crippen molar-refractivity contribution in [2.45, 2.75) is 6.54 Å². The molecule has 0 atom stereocenters. The van der Waals surface area contributed by atoms with Gasteiger partial charge in [-0.05, 0) is 11.4 Å². The Kier molecular flexibility index (Phi) is 3.42. The van der Waals surface area contributed by atoms with Gasteiger partial charge in [-0.2, -0.15) is 5.10 Å². The van der Waals surface area contributed by atoms with Gasteiger partial charge in [0, 0.05) is 17.5 Å². The molecule has 0 unspecified atom stereocenters. The van der Waals surface area contributed by atoms with Gasteiger partial charge >= 0.3 is 5.69 Å². The number of aliphatic hydroxyl groups is 1. The van der Waals surface area contributed by atoms with E-state index < -0.39 is 0 Å². The van der Waals surface area contributed by atoms with Crippen molar-refractivity contribution in [2.75, 3.05) is 6.61 Å². The van der Waals surface area contributed by atoms with Gasteiger partial charge in [-0.1, -0.05) is 11.8 Å². The lowest BCUT2D eigenvalue weighted by Gasteiger charge is -1.97. The summed E-state index contributed by atoms with van der Waals surface area (Å²) in [5.41, 5.74) is 0.682. The van der Waals surface area contributed by atoms with Gasteiger partial charge in [-0.15, -0.1) is 11.3 Å². The molecule has 1 N–H and O–H groups in total. The Labute approximate surface area is 102 Å². The van der Waals surface area contributed by atoms with E-state index in [2.05, 4.69) is 16.9 Å². The third kappa shape index (κ3) is 2.46. The molecule has 0 spiro atoms. The topological polar surface area (TPSA) is 60.1 Å². The van der Waals surface area contributed by atoms with Crippen molar-refractivity contribution >= 4 is 11.3 Å². The molecule has 17 heavy (non-hydrogen) atoms. The number of thiophene rings is 1. The minimum absolute atomic E-state index is 0.153. The fourth-order valence-corrected chi connectivity index (χ4v) is 2.19. The van der Waals surface area contributed by atoms with Crippen LogP contribution in [0.1, 0.15) is 10.4 Å². The minimum atomic E-state index is -0.168. The van der Waals surface area contributed by atoms with Crippen molar-refractivity contribution in [3.63, 3.8) is 0 Å². The van der Waals surface area contributed by atoms with Gasteiger partial charge in [0.05, 0.1) is 6.54 Å². The van der Waals surface area contributed by atoms with Gasteiger partial charge in [-0.25, -0.2) is 9.48 Å². The van der Waals surface area contributed by atoms with E-state index >= 15 is 0 Å². The molecule has 2 aromatic heterocycles. The maximum atomic E-state index is 11.6. The van der Waals surface area contributed by atoms with Crippen molar-refractivity contribution in [1.29, 1.82) is 0 Å². The number of aromatic nitrogens is 3. The first kappa shape index (κ1) is 11.6. The van der Waals surface area contributed by atoms with Crippen molar-refractivity contribution in [1.82, 2.24) is 14.3 Å². The Morgan fingerprint density at radius 2 is 2.41 bits per heavy atom. The van der Waals surface area contributed by atoms with E-state index in [1.807, 2.05) is 11.4 Å². The number of hydrogen-bond acceptors (Lipinski definition) is 4. The number of nitrogens with zero attached hydrogens (tertiary/aromatic N) is 3. The zero-order chi connectivity index (χ0) is 12.3. The Morgan fingerprint density at radius 1 is 1.59 bits per heavy atom. The van der Waals surface area contributed by atoms with Crippen molar-refractivity contribution in [3.8, 4) is 11.8 Å². The summed E-state index contributed by atoms with van der Waals surface area (Å²) in [6.45, 7) is 0.242. The number of aliphatic hydroxyl groups excluding tert-OH is 1. The van der Waals surface area contributed by atoms with Crippen molar-refractivity contribution in [2.24, 2.45) is 7.05 Å². The lowest BCUT2D eigenvalue weighted by Crippen LogP contribution is -2.23. The van der Waals surface area contributed by atoms with E-state index in [9.17, 15) is 4.79 Å². The van der Waals surface area contributed by atoms with E-state index in [-0.39, 0.29) is 12.3 Å². The molecule has 0 bridgehead atoms. The zero-order valence-corrected chi connectivity index (χ0v) is 10.1. The van der Waals surface area contributed by atoms with E-state index in [1.165, 1.54) is 26.9 Å². The normalized spacial score (nSPS) is 10.0. The molecule has 0 amide bonds. The lowest BCUT2D eigenvalue weighted by molar-refractivity contribution is 0.350. The molecule has 6 heteroatoms. The molecule has 88 valence electrons. The molecule has 0 saturated carbocycles. The van der Waals surface area contributed by atoms with Crippen LogP contribution >= 0.6 is 11.3 Å². The number of hydrogen-bond donors (Lipinski definition) is 1. The monoisotopic (exact) mass is 249 g/mol. The fraction of sp³-hybridized carbons (Fsp3) is 0.273. The Bertz CT molecular complexity index is 627. The molecule has 2 heterocycles. The highest BCUT2D eigenvalue weighted by atomic mass is 32.1. The first-order chi connectivity index (χ1) is 8.22. The van der Waals surface area contributed by atoms with Crippen LogP contribution < -0.4 is 5.69 Å². The average Bonchev–Trinajstić information content (AvgIpc) is 2.89. The van der Waals surface area contributed by atoms with Crippen molar-refractivity contribution in [3.05, 3.63) is 38.7 Å². The van der Waals surface area contributed by atoms with Gasteiger partial charge in [0.1, 0.15) is 12.9 Å². The average molecular weight is 249 g/mol. The smallest absolute Gasteiger partial charge is 0.345 e. The van der Waals surface area contributed by atoms with Crippen LogP contribution in [0.25, 0.3) is 0 Å². The van der Waals surface area contributed by atoms with Gasteiger partial charge in [0.15, 0.2) is 0 Å². The van der Waals surface area contributed by atoms with Gasteiger partial charge in [0.25, 0.3) is 0 Å². The molecule has 0 saturated heterocycles. The maximum absolute atomic E-state index is 11.6. The zero-order valence-electron chi connectivity index (χ0n) is 9.25. The van der Waals surface area contributed by atoms with Crippen LogP contribution in [0, 0.1) is 11.8 Å². The van der Waals surface area contributed by atoms with Crippen LogP contribution in [0.5, 0.6) is 0 Å². The van der Waals surface area contributed by atoms with Crippen LogP contribution in [0.4, 0.5) is 0 Å². The summed E-state index contributed by atoms with van der Waals surface area (Å²) in [5.74, 6) is 5.45. The molecule has 0 aliphatic carbocycles. The molecule has 0 aromatic carbocycles. The fourth-order valence-electron chi connectivity index (χ4n) is 1.37. The van der Waals surface area contributed by atoms with Gasteiger partial charge in [0.2, 0.25) is 0 Å². The second-order valence-electron chi connectivity index (χ2n) is 3.40. The summed E-state index contributed by atoms with van der Waals surface area (Å²) in [7, 11) is 1.66. The van der Waals surface area contributed by atoms with Crippen LogP contribution in [0.15, 0.2) is 22.6 Å². The van der Waals surface area contributed by atoms with Crippen LogP contribution in [0.2, 0.25) is 0 Å². The molecule has 2 rings (SSSR count). The number of rotatable bonds is 2. The highest BCUT2D eigenvalue weighted by molar-refractivity contribution is 7.10. The Balaban J connectivity index is 2.28. The maximum Gasteiger partial charge on any atom is 0.345 e. The van der Waals surface area contributed by atoms with Gasteiger partial charge < -0.3 is 5.11 Å². The van der Waals surface area contributed by atoms with E-state index in [0.717, 1.165) is 10.4 Å². The predicted octanol–water partition coefficient (Wildman–Crippen LogP) is 0.0354. The molecular weight excluding hydrogens is 238 g/mol. The molecular formula is C11H11N3O2S. The highest BCUT2D eigenvalue weighted by Crippen LogP contribution is 2.16. The largest absolute Gasteiger partial charge is 0.384 e. The molecule has 0 radical (unpaired) electrons. The Hall–Kier alpha value is -1.84. The summed E-state index contributed by atoms with van der Waals surface area (Å²) in [6.07, 6.45) is 1.48. The summed E-state index contributed by atoms with van der Waals surface area (Å²) >= 11 is 1.52. The molecule has 0 aliphatic rings. The highest BCUT2D eigenvalue weighted by Gasteiger charge is 2.07.